The first-order chi connectivity index (χ1) is 8.66. The molecule has 0 saturated heterocycles. The van der Waals surface area contributed by atoms with Crippen molar-refractivity contribution < 1.29 is 18.7 Å². The summed E-state index contributed by atoms with van der Waals surface area (Å²) < 4.78 is 17.8. The average Bonchev–Trinajstić information content (AvgIpc) is 2.89. The summed E-state index contributed by atoms with van der Waals surface area (Å²) in [5.74, 6) is -0.854. The van der Waals surface area contributed by atoms with E-state index in [2.05, 4.69) is 10.3 Å². The van der Waals surface area contributed by atoms with Gasteiger partial charge in [0.05, 0.1) is 12.8 Å². The maximum Gasteiger partial charge on any atom is 0.251 e. The van der Waals surface area contributed by atoms with Crippen molar-refractivity contribution >= 4 is 5.91 Å². The first-order valence-electron chi connectivity index (χ1n) is 5.28. The molecule has 2 N–H and O–H groups in total. The Labute approximate surface area is 102 Å². The van der Waals surface area contributed by atoms with Crippen molar-refractivity contribution in [1.29, 1.82) is 0 Å². The molecule has 0 aliphatic carbocycles. The molecule has 18 heavy (non-hydrogen) atoms. The van der Waals surface area contributed by atoms with Gasteiger partial charge >= 0.3 is 0 Å². The lowest BCUT2D eigenvalue weighted by molar-refractivity contribution is 0.0900. The number of halogens is 1. The number of amides is 1. The number of aliphatic hydroxyl groups is 1. The molecule has 0 aliphatic heterocycles. The molecule has 2 aromatic heterocycles. The molecule has 0 bridgehead atoms. The van der Waals surface area contributed by atoms with E-state index in [9.17, 15) is 14.3 Å². The molecule has 1 unspecified atom stereocenters. The first kappa shape index (κ1) is 12.3. The number of rotatable bonds is 4. The Kier molecular flexibility index (Phi) is 3.69. The molecule has 5 nitrogen and oxygen atoms in total. The molecule has 0 spiro atoms. The summed E-state index contributed by atoms with van der Waals surface area (Å²) in [5.41, 5.74) is 0.147. The van der Waals surface area contributed by atoms with E-state index in [0.717, 1.165) is 6.07 Å². The highest BCUT2D eigenvalue weighted by atomic mass is 19.1. The molecule has 1 atom stereocenters. The van der Waals surface area contributed by atoms with Crippen LogP contribution in [0.5, 0.6) is 0 Å². The Morgan fingerprint density at radius 1 is 1.56 bits per heavy atom. The minimum absolute atomic E-state index is 0.0176. The number of carbonyl (C=O) groups excluding carboxylic acids is 1. The molecule has 2 rings (SSSR count). The number of aromatic nitrogens is 1. The van der Waals surface area contributed by atoms with Gasteiger partial charge in [-0.3, -0.25) is 4.79 Å². The van der Waals surface area contributed by atoms with Gasteiger partial charge in [-0.25, -0.2) is 4.98 Å². The Morgan fingerprint density at radius 2 is 2.39 bits per heavy atom. The fourth-order valence-electron chi connectivity index (χ4n) is 1.42. The van der Waals surface area contributed by atoms with Crippen LogP contribution in [0.25, 0.3) is 0 Å². The largest absolute Gasteiger partial charge is 0.467 e. The third-order valence-electron chi connectivity index (χ3n) is 2.32. The van der Waals surface area contributed by atoms with Gasteiger partial charge in [0.25, 0.3) is 5.91 Å². The van der Waals surface area contributed by atoms with Gasteiger partial charge in [0.2, 0.25) is 5.95 Å². The Balaban J connectivity index is 1.92. The van der Waals surface area contributed by atoms with Gasteiger partial charge in [0.1, 0.15) is 11.9 Å². The first-order valence-corrected chi connectivity index (χ1v) is 5.28. The molecule has 0 fully saturated rings. The summed E-state index contributed by atoms with van der Waals surface area (Å²) in [6.07, 6.45) is 1.70. The maximum absolute atomic E-state index is 12.8. The standard InChI is InChI=1S/C12H11FN2O3/c13-11-6-8(3-4-14-11)12(17)15-7-9(16)10-2-1-5-18-10/h1-6,9,16H,7H2,(H,15,17). The third-order valence-corrected chi connectivity index (χ3v) is 2.32. The van der Waals surface area contributed by atoms with Crippen LogP contribution in [0, 0.1) is 5.95 Å². The molecule has 0 saturated carbocycles. The number of nitrogens with one attached hydrogen (secondary N) is 1. The quantitative estimate of drug-likeness (QED) is 0.801. The second-order valence-electron chi connectivity index (χ2n) is 3.61. The fraction of sp³-hybridized carbons (Fsp3) is 0.167. The normalized spacial score (nSPS) is 12.1. The van der Waals surface area contributed by atoms with Gasteiger partial charge in [-0.05, 0) is 18.2 Å². The molecule has 94 valence electrons. The maximum atomic E-state index is 12.8. The molecule has 6 heteroatoms. The van der Waals surface area contributed by atoms with Crippen molar-refractivity contribution in [2.75, 3.05) is 6.54 Å². The Bertz CT molecular complexity index is 528. The molecule has 2 heterocycles. The number of carbonyl (C=O) groups is 1. The van der Waals surface area contributed by atoms with Crippen LogP contribution < -0.4 is 5.32 Å². The molecule has 0 aliphatic rings. The van der Waals surface area contributed by atoms with Crippen molar-refractivity contribution in [2.24, 2.45) is 0 Å². The van der Waals surface area contributed by atoms with Crippen molar-refractivity contribution in [3.05, 3.63) is 54.0 Å². The van der Waals surface area contributed by atoms with E-state index < -0.39 is 18.0 Å². The predicted molar refractivity (Wildman–Crippen MR) is 60.2 cm³/mol. The highest BCUT2D eigenvalue weighted by Crippen LogP contribution is 2.11. The summed E-state index contributed by atoms with van der Waals surface area (Å²) in [4.78, 5) is 15.0. The molecule has 1 amide bonds. The SMILES string of the molecule is O=C(NCC(O)c1ccco1)c1ccnc(F)c1. The van der Waals surface area contributed by atoms with Crippen molar-refractivity contribution in [3.63, 3.8) is 0 Å². The van der Waals surface area contributed by atoms with Crippen LogP contribution in [0.3, 0.4) is 0 Å². The molecular formula is C12H11FN2O3. The lowest BCUT2D eigenvalue weighted by Crippen LogP contribution is -2.28. The topological polar surface area (TPSA) is 75.4 Å². The zero-order chi connectivity index (χ0) is 13.0. The third kappa shape index (κ3) is 2.92. The van der Waals surface area contributed by atoms with Crippen LogP contribution in [0.2, 0.25) is 0 Å². The van der Waals surface area contributed by atoms with Gasteiger partial charge in [-0.1, -0.05) is 0 Å². The number of furan rings is 1. The van der Waals surface area contributed by atoms with Crippen LogP contribution in [-0.4, -0.2) is 22.5 Å². The van der Waals surface area contributed by atoms with Crippen molar-refractivity contribution in [1.82, 2.24) is 10.3 Å². The zero-order valence-electron chi connectivity index (χ0n) is 9.34. The summed E-state index contributed by atoms with van der Waals surface area (Å²) >= 11 is 0. The van der Waals surface area contributed by atoms with E-state index >= 15 is 0 Å². The summed E-state index contributed by atoms with van der Waals surface area (Å²) in [6, 6.07) is 5.65. The Hall–Kier alpha value is -2.21. The van der Waals surface area contributed by atoms with Crippen LogP contribution in [0.4, 0.5) is 4.39 Å². The zero-order valence-corrected chi connectivity index (χ0v) is 9.34. The smallest absolute Gasteiger partial charge is 0.251 e. The summed E-state index contributed by atoms with van der Waals surface area (Å²) in [7, 11) is 0. The van der Waals surface area contributed by atoms with Gasteiger partial charge in [0, 0.05) is 17.8 Å². The van der Waals surface area contributed by atoms with Gasteiger partial charge < -0.3 is 14.8 Å². The summed E-state index contributed by atoms with van der Waals surface area (Å²) in [5, 5.41) is 12.1. The number of hydrogen-bond acceptors (Lipinski definition) is 4. The number of aliphatic hydroxyl groups excluding tert-OH is 1. The molecule has 0 aromatic carbocycles. The lowest BCUT2D eigenvalue weighted by atomic mass is 10.2. The lowest BCUT2D eigenvalue weighted by Gasteiger charge is -2.09. The summed E-state index contributed by atoms with van der Waals surface area (Å²) in [6.45, 7) is -0.0176. The minimum Gasteiger partial charge on any atom is -0.467 e. The van der Waals surface area contributed by atoms with Crippen LogP contribution in [0.1, 0.15) is 22.2 Å². The second-order valence-corrected chi connectivity index (χ2v) is 3.61. The van der Waals surface area contributed by atoms with Gasteiger partial charge in [-0.15, -0.1) is 0 Å². The van der Waals surface area contributed by atoms with E-state index in [1.807, 2.05) is 0 Å². The molecule has 2 aromatic rings. The van der Waals surface area contributed by atoms with E-state index in [1.54, 1.807) is 12.1 Å². The van der Waals surface area contributed by atoms with Gasteiger partial charge in [0.15, 0.2) is 0 Å². The van der Waals surface area contributed by atoms with E-state index in [0.29, 0.717) is 5.76 Å². The number of nitrogens with zero attached hydrogens (tertiary/aromatic N) is 1. The van der Waals surface area contributed by atoms with Crippen LogP contribution in [-0.2, 0) is 0 Å². The van der Waals surface area contributed by atoms with Crippen molar-refractivity contribution in [3.8, 4) is 0 Å². The minimum atomic E-state index is -0.935. The predicted octanol–water partition coefficient (Wildman–Crippen LogP) is 1.28. The van der Waals surface area contributed by atoms with Crippen LogP contribution >= 0.6 is 0 Å². The molecular weight excluding hydrogens is 239 g/mol. The number of pyridine rings is 1. The Morgan fingerprint density at radius 3 is 3.06 bits per heavy atom. The van der Waals surface area contributed by atoms with E-state index in [4.69, 9.17) is 4.42 Å². The second kappa shape index (κ2) is 5.42. The monoisotopic (exact) mass is 250 g/mol. The molecule has 0 radical (unpaired) electrons. The number of hydrogen-bond donors (Lipinski definition) is 2. The van der Waals surface area contributed by atoms with Gasteiger partial charge in [-0.2, -0.15) is 4.39 Å². The highest BCUT2D eigenvalue weighted by Gasteiger charge is 2.13. The van der Waals surface area contributed by atoms with E-state index in [-0.39, 0.29) is 12.1 Å². The van der Waals surface area contributed by atoms with Crippen molar-refractivity contribution in [2.45, 2.75) is 6.10 Å². The average molecular weight is 250 g/mol. The highest BCUT2D eigenvalue weighted by molar-refractivity contribution is 5.94. The van der Waals surface area contributed by atoms with E-state index in [1.165, 1.54) is 18.5 Å². The van der Waals surface area contributed by atoms with Crippen LogP contribution in [0.15, 0.2) is 41.1 Å². The fourth-order valence-corrected chi connectivity index (χ4v) is 1.42.